The van der Waals surface area contributed by atoms with Crippen molar-refractivity contribution in [2.45, 2.75) is 26.7 Å². The topological polar surface area (TPSA) is 50.2 Å². The fourth-order valence-corrected chi connectivity index (χ4v) is 2.14. The molecule has 0 bridgehead atoms. The van der Waals surface area contributed by atoms with E-state index in [0.29, 0.717) is 0 Å². The van der Waals surface area contributed by atoms with Gasteiger partial charge in [-0.25, -0.2) is 0 Å². The number of carboxylic acid groups (broad SMARTS) is 1. The Balaban J connectivity index is 2.77. The number of rotatable bonds is 2. The molecule has 88 valence electrons. The summed E-state index contributed by atoms with van der Waals surface area (Å²) in [5, 5.41) is 11.1. The van der Waals surface area contributed by atoms with Crippen molar-refractivity contribution in [3.63, 3.8) is 0 Å². The van der Waals surface area contributed by atoms with Crippen LogP contribution in [0, 0.1) is 13.8 Å². The van der Waals surface area contributed by atoms with Crippen LogP contribution in [0.15, 0.2) is 24.3 Å². The van der Waals surface area contributed by atoms with Gasteiger partial charge in [0.25, 0.3) is 0 Å². The third kappa shape index (κ3) is 2.00. The van der Waals surface area contributed by atoms with E-state index in [2.05, 4.69) is 4.98 Å². The molecule has 0 aliphatic rings. The molecule has 1 atom stereocenters. The number of aryl methyl sites for hydroxylation is 2. The molecule has 0 radical (unpaired) electrons. The second kappa shape index (κ2) is 4.17. The molecular formula is C14H15NO2. The number of carboxylic acids is 1. The third-order valence-corrected chi connectivity index (χ3v) is 3.06. The number of aliphatic carboxylic acids is 1. The third-order valence-electron chi connectivity index (χ3n) is 3.06. The smallest absolute Gasteiger partial charge is 0.310 e. The summed E-state index contributed by atoms with van der Waals surface area (Å²) >= 11 is 0. The van der Waals surface area contributed by atoms with Crippen LogP contribution in [0.5, 0.6) is 0 Å². The van der Waals surface area contributed by atoms with Gasteiger partial charge in [0.1, 0.15) is 0 Å². The highest BCUT2D eigenvalue weighted by atomic mass is 16.4. The number of pyridine rings is 1. The summed E-state index contributed by atoms with van der Waals surface area (Å²) < 4.78 is 0. The molecule has 1 unspecified atom stereocenters. The molecule has 0 aliphatic carbocycles. The first-order valence-electron chi connectivity index (χ1n) is 5.60. The molecular weight excluding hydrogens is 214 g/mol. The molecule has 3 heteroatoms. The molecule has 3 nitrogen and oxygen atoms in total. The highest BCUT2D eigenvalue weighted by Crippen LogP contribution is 2.27. The van der Waals surface area contributed by atoms with Gasteiger partial charge in [0.05, 0.1) is 5.92 Å². The lowest BCUT2D eigenvalue weighted by atomic mass is 9.94. The summed E-state index contributed by atoms with van der Waals surface area (Å²) in [6.07, 6.45) is 0. The normalized spacial score (nSPS) is 12.6. The monoisotopic (exact) mass is 229 g/mol. The van der Waals surface area contributed by atoms with Crippen molar-refractivity contribution in [1.82, 2.24) is 4.98 Å². The fraction of sp³-hybridized carbons (Fsp3) is 0.286. The Morgan fingerprint density at radius 3 is 2.65 bits per heavy atom. The first kappa shape index (κ1) is 11.6. The van der Waals surface area contributed by atoms with Gasteiger partial charge in [-0.3, -0.25) is 9.78 Å². The van der Waals surface area contributed by atoms with Gasteiger partial charge in [0, 0.05) is 16.8 Å². The molecule has 0 saturated heterocycles. The van der Waals surface area contributed by atoms with Crippen LogP contribution >= 0.6 is 0 Å². The predicted octanol–water partition coefficient (Wildman–Crippen LogP) is 3.04. The van der Waals surface area contributed by atoms with Crippen molar-refractivity contribution < 1.29 is 9.90 Å². The Bertz CT molecular complexity index is 590. The Kier molecular flexibility index (Phi) is 2.84. The van der Waals surface area contributed by atoms with E-state index in [1.807, 2.05) is 38.1 Å². The Morgan fingerprint density at radius 2 is 2.00 bits per heavy atom. The van der Waals surface area contributed by atoms with Crippen molar-refractivity contribution in [3.8, 4) is 0 Å². The van der Waals surface area contributed by atoms with Crippen molar-refractivity contribution in [3.05, 3.63) is 41.2 Å². The van der Waals surface area contributed by atoms with E-state index in [-0.39, 0.29) is 0 Å². The highest BCUT2D eigenvalue weighted by molar-refractivity contribution is 5.92. The maximum absolute atomic E-state index is 11.1. The minimum absolute atomic E-state index is 0.500. The standard InChI is InChI=1S/C14H15NO2/c1-8-7-13-11(9(2)14(16)17)5-4-6-12(13)10(3)15-8/h4-7,9H,1-3H3,(H,16,17). The lowest BCUT2D eigenvalue weighted by Crippen LogP contribution is -2.08. The molecule has 0 amide bonds. The van der Waals surface area contributed by atoms with Crippen molar-refractivity contribution in [1.29, 1.82) is 0 Å². The van der Waals surface area contributed by atoms with Crippen molar-refractivity contribution in [2.24, 2.45) is 0 Å². The van der Waals surface area contributed by atoms with E-state index in [1.54, 1.807) is 6.92 Å². The van der Waals surface area contributed by atoms with Crippen molar-refractivity contribution in [2.75, 3.05) is 0 Å². The summed E-state index contributed by atoms with van der Waals surface area (Å²) in [5.41, 5.74) is 2.71. The summed E-state index contributed by atoms with van der Waals surface area (Å²) in [5.74, 6) is -1.30. The molecule has 2 rings (SSSR count). The van der Waals surface area contributed by atoms with Crippen LogP contribution in [0.1, 0.15) is 29.8 Å². The molecule has 0 aliphatic heterocycles. The van der Waals surface area contributed by atoms with Crippen LogP contribution in [-0.2, 0) is 4.79 Å². The van der Waals surface area contributed by atoms with Gasteiger partial charge in [-0.2, -0.15) is 0 Å². The average Bonchev–Trinajstić information content (AvgIpc) is 2.27. The number of benzene rings is 1. The molecule has 1 N–H and O–H groups in total. The van der Waals surface area contributed by atoms with E-state index in [9.17, 15) is 4.79 Å². The number of fused-ring (bicyclic) bond motifs is 1. The molecule has 0 saturated carbocycles. The molecule has 1 aromatic heterocycles. The number of aromatic nitrogens is 1. The lowest BCUT2D eigenvalue weighted by Gasteiger charge is -2.12. The number of carbonyl (C=O) groups is 1. The van der Waals surface area contributed by atoms with Gasteiger partial charge in [0.2, 0.25) is 0 Å². The van der Waals surface area contributed by atoms with Crippen LogP contribution in [0.3, 0.4) is 0 Å². The first-order valence-corrected chi connectivity index (χ1v) is 5.60. The largest absolute Gasteiger partial charge is 0.481 e. The van der Waals surface area contributed by atoms with Crippen molar-refractivity contribution >= 4 is 16.7 Å². The predicted molar refractivity (Wildman–Crippen MR) is 67.3 cm³/mol. The quantitative estimate of drug-likeness (QED) is 0.861. The maximum atomic E-state index is 11.1. The van der Waals surface area contributed by atoms with E-state index >= 15 is 0 Å². The molecule has 17 heavy (non-hydrogen) atoms. The van der Waals surface area contributed by atoms with Gasteiger partial charge in [-0.1, -0.05) is 18.2 Å². The Hall–Kier alpha value is -1.90. The van der Waals surface area contributed by atoms with E-state index < -0.39 is 11.9 Å². The molecule has 0 spiro atoms. The van der Waals surface area contributed by atoms with Gasteiger partial charge in [0.15, 0.2) is 0 Å². The SMILES string of the molecule is Cc1cc2c(C(C)C(=O)O)cccc2c(C)n1. The molecule has 1 heterocycles. The van der Waals surface area contributed by atoms with E-state index in [1.165, 1.54) is 0 Å². The number of hydrogen-bond donors (Lipinski definition) is 1. The Morgan fingerprint density at radius 1 is 1.29 bits per heavy atom. The minimum Gasteiger partial charge on any atom is -0.481 e. The van der Waals surface area contributed by atoms with Crippen LogP contribution in [0.4, 0.5) is 0 Å². The van der Waals surface area contributed by atoms with Crippen LogP contribution < -0.4 is 0 Å². The zero-order chi connectivity index (χ0) is 12.6. The number of nitrogens with zero attached hydrogens (tertiary/aromatic N) is 1. The zero-order valence-corrected chi connectivity index (χ0v) is 10.2. The molecule has 1 aromatic carbocycles. The van der Waals surface area contributed by atoms with Gasteiger partial charge in [-0.15, -0.1) is 0 Å². The van der Waals surface area contributed by atoms with Crippen LogP contribution in [0.2, 0.25) is 0 Å². The van der Waals surface area contributed by atoms with Crippen LogP contribution in [-0.4, -0.2) is 16.1 Å². The summed E-state index contributed by atoms with van der Waals surface area (Å²) in [6.45, 7) is 5.58. The second-order valence-corrected chi connectivity index (χ2v) is 4.35. The molecule has 0 fully saturated rings. The summed E-state index contributed by atoms with van der Waals surface area (Å²) in [4.78, 5) is 15.5. The van der Waals surface area contributed by atoms with Gasteiger partial charge in [-0.05, 0) is 37.8 Å². The number of hydrogen-bond acceptors (Lipinski definition) is 2. The Labute approximate surface area is 100 Å². The molecule has 2 aromatic rings. The van der Waals surface area contributed by atoms with E-state index in [4.69, 9.17) is 5.11 Å². The van der Waals surface area contributed by atoms with Gasteiger partial charge < -0.3 is 5.11 Å². The maximum Gasteiger partial charge on any atom is 0.310 e. The highest BCUT2D eigenvalue weighted by Gasteiger charge is 2.16. The van der Waals surface area contributed by atoms with E-state index in [0.717, 1.165) is 27.7 Å². The average molecular weight is 229 g/mol. The summed E-state index contributed by atoms with van der Waals surface area (Å²) in [7, 11) is 0. The second-order valence-electron chi connectivity index (χ2n) is 4.35. The zero-order valence-electron chi connectivity index (χ0n) is 10.2. The first-order chi connectivity index (χ1) is 8.00. The van der Waals surface area contributed by atoms with Crippen LogP contribution in [0.25, 0.3) is 10.8 Å². The fourth-order valence-electron chi connectivity index (χ4n) is 2.14. The minimum atomic E-state index is -0.801. The lowest BCUT2D eigenvalue weighted by molar-refractivity contribution is -0.138. The van der Waals surface area contributed by atoms with Gasteiger partial charge >= 0.3 is 5.97 Å². The summed E-state index contributed by atoms with van der Waals surface area (Å²) in [6, 6.07) is 7.70.